The Labute approximate surface area is 221 Å². The summed E-state index contributed by atoms with van der Waals surface area (Å²) < 4.78 is 6.46. The molecule has 0 radical (unpaired) electrons. The summed E-state index contributed by atoms with van der Waals surface area (Å²) in [4.78, 5) is 0. The third-order valence-corrected chi connectivity index (χ3v) is 12.1. The minimum atomic E-state index is 0.293. The Morgan fingerprint density at radius 2 is 1.64 bits per heavy atom. The molecule has 36 heavy (non-hydrogen) atoms. The fourth-order valence-corrected chi connectivity index (χ4v) is 10.2. The van der Waals surface area contributed by atoms with Gasteiger partial charge in [0.25, 0.3) is 0 Å². The lowest BCUT2D eigenvalue weighted by Crippen LogP contribution is -2.54. The van der Waals surface area contributed by atoms with Crippen LogP contribution >= 0.6 is 0 Å². The summed E-state index contributed by atoms with van der Waals surface area (Å²) in [6.07, 6.45) is 17.0. The number of hydrogen-bond acceptors (Lipinski definition) is 3. The fraction of sp³-hybridized carbons (Fsp3) is 0.818. The second-order valence-electron chi connectivity index (χ2n) is 14.5. The van der Waals surface area contributed by atoms with Gasteiger partial charge in [0.15, 0.2) is 0 Å². The molecule has 4 N–H and O–H groups in total. The molecule has 0 amide bonds. The maximum atomic E-state index is 6.46. The van der Waals surface area contributed by atoms with Crippen molar-refractivity contribution < 1.29 is 4.74 Å². The van der Waals surface area contributed by atoms with Gasteiger partial charge in [0.1, 0.15) is 5.75 Å². The van der Waals surface area contributed by atoms with Crippen molar-refractivity contribution in [2.75, 3.05) is 11.5 Å². The van der Waals surface area contributed by atoms with E-state index in [1.807, 2.05) is 18.2 Å². The average Bonchev–Trinajstić information content (AvgIpc) is 3.18. The zero-order chi connectivity index (χ0) is 25.7. The maximum absolute atomic E-state index is 6.46. The van der Waals surface area contributed by atoms with E-state index in [4.69, 9.17) is 16.2 Å². The van der Waals surface area contributed by atoms with Crippen molar-refractivity contribution in [2.45, 2.75) is 118 Å². The largest absolute Gasteiger partial charge is 0.488 e. The van der Waals surface area contributed by atoms with Crippen LogP contribution in [0.5, 0.6) is 5.75 Å². The van der Waals surface area contributed by atoms with Crippen molar-refractivity contribution >= 4 is 11.4 Å². The molecule has 5 rings (SSSR count). The van der Waals surface area contributed by atoms with E-state index in [2.05, 4.69) is 34.6 Å². The van der Waals surface area contributed by atoms with E-state index in [9.17, 15) is 0 Å². The molecular formula is C33H54N2O. The summed E-state index contributed by atoms with van der Waals surface area (Å²) in [6, 6.07) is 5.69. The predicted molar refractivity (Wildman–Crippen MR) is 153 cm³/mol. The van der Waals surface area contributed by atoms with E-state index in [1.54, 1.807) is 0 Å². The molecule has 4 aliphatic rings. The van der Waals surface area contributed by atoms with Crippen LogP contribution in [-0.4, -0.2) is 6.10 Å². The van der Waals surface area contributed by atoms with Crippen LogP contribution in [0.1, 0.15) is 112 Å². The SMILES string of the molecule is CC(C)CCC[C@@H](C)[C@H]1CC[C@H]2[C@@H]3CCC4CC(Oc5ccc(N)cc5N)CC[C@]4(C)[C@H]3CC[C@]12C. The molecule has 0 bridgehead atoms. The molecule has 2 unspecified atom stereocenters. The quantitative estimate of drug-likeness (QED) is 0.372. The van der Waals surface area contributed by atoms with Crippen LogP contribution in [0.2, 0.25) is 0 Å². The van der Waals surface area contributed by atoms with Crippen LogP contribution in [-0.2, 0) is 0 Å². The monoisotopic (exact) mass is 494 g/mol. The van der Waals surface area contributed by atoms with E-state index in [-0.39, 0.29) is 0 Å². The molecule has 4 fully saturated rings. The molecule has 1 aromatic carbocycles. The van der Waals surface area contributed by atoms with Gasteiger partial charge in [-0.1, -0.05) is 53.9 Å². The summed E-state index contributed by atoms with van der Waals surface area (Å²) >= 11 is 0. The number of anilines is 2. The standard InChI is InChI=1S/C33H54N2O/c1-21(2)7-6-8-22(3)27-12-13-28-26-11-9-23-19-25(36-31-14-10-24(34)20-30(31)35)15-17-32(23,4)29(26)16-18-33(27,28)5/h10,14,20-23,25-29H,6-9,11-13,15-19,34-35H2,1-5H3/t22-,23?,25?,26+,27-,28+,29+,32+,33-/m1/s1. The normalized spacial score (nSPS) is 40.8. The Morgan fingerprint density at radius 1 is 0.889 bits per heavy atom. The van der Waals surface area contributed by atoms with Crippen molar-refractivity contribution in [2.24, 2.45) is 52.3 Å². The Hall–Kier alpha value is -1.38. The molecule has 202 valence electrons. The number of ether oxygens (including phenoxy) is 1. The first kappa shape index (κ1) is 26.2. The second kappa shape index (κ2) is 10.1. The highest BCUT2D eigenvalue weighted by atomic mass is 16.5. The topological polar surface area (TPSA) is 61.3 Å². The van der Waals surface area contributed by atoms with Gasteiger partial charge in [0, 0.05) is 5.69 Å². The van der Waals surface area contributed by atoms with Crippen LogP contribution in [0.3, 0.4) is 0 Å². The molecule has 1 aromatic rings. The van der Waals surface area contributed by atoms with E-state index < -0.39 is 0 Å². The number of hydrogen-bond donors (Lipinski definition) is 2. The molecule has 0 aliphatic heterocycles. The van der Waals surface area contributed by atoms with Crippen LogP contribution in [0.4, 0.5) is 11.4 Å². The van der Waals surface area contributed by atoms with Crippen LogP contribution in [0.25, 0.3) is 0 Å². The highest BCUT2D eigenvalue weighted by Crippen LogP contribution is 2.68. The lowest BCUT2D eigenvalue weighted by molar-refractivity contribution is -0.126. The van der Waals surface area contributed by atoms with Crippen LogP contribution in [0, 0.1) is 52.3 Å². The lowest BCUT2D eigenvalue weighted by atomic mass is 9.44. The number of rotatable bonds is 7. The zero-order valence-corrected chi connectivity index (χ0v) is 23.9. The number of nitrogens with two attached hydrogens (primary N) is 2. The molecule has 0 spiro atoms. The molecule has 3 heteroatoms. The van der Waals surface area contributed by atoms with Crippen molar-refractivity contribution in [3.63, 3.8) is 0 Å². The highest BCUT2D eigenvalue weighted by Gasteiger charge is 2.60. The van der Waals surface area contributed by atoms with E-state index in [1.165, 1.54) is 70.6 Å². The first-order valence-corrected chi connectivity index (χ1v) is 15.4. The van der Waals surface area contributed by atoms with Gasteiger partial charge in [-0.2, -0.15) is 0 Å². The summed E-state index contributed by atoms with van der Waals surface area (Å²) in [7, 11) is 0. The summed E-state index contributed by atoms with van der Waals surface area (Å²) in [5.41, 5.74) is 14.6. The lowest BCUT2D eigenvalue weighted by Gasteiger charge is -2.61. The van der Waals surface area contributed by atoms with E-state index in [0.29, 0.717) is 28.3 Å². The molecular weight excluding hydrogens is 440 g/mol. The van der Waals surface area contributed by atoms with Crippen LogP contribution < -0.4 is 16.2 Å². The Kier molecular flexibility index (Phi) is 7.33. The third kappa shape index (κ3) is 4.66. The molecule has 4 aliphatic carbocycles. The fourth-order valence-electron chi connectivity index (χ4n) is 10.2. The second-order valence-corrected chi connectivity index (χ2v) is 14.5. The maximum Gasteiger partial charge on any atom is 0.142 e. The van der Waals surface area contributed by atoms with Crippen molar-refractivity contribution in [1.82, 2.24) is 0 Å². The average molecular weight is 495 g/mol. The molecule has 0 aromatic heterocycles. The Balaban J connectivity index is 1.24. The predicted octanol–water partition coefficient (Wildman–Crippen LogP) is 8.72. The van der Waals surface area contributed by atoms with E-state index in [0.717, 1.165) is 53.6 Å². The summed E-state index contributed by atoms with van der Waals surface area (Å²) in [5, 5.41) is 0. The van der Waals surface area contributed by atoms with Gasteiger partial charge in [-0.05, 0) is 128 Å². The highest BCUT2D eigenvalue weighted by molar-refractivity contribution is 5.60. The van der Waals surface area contributed by atoms with Gasteiger partial charge in [0.2, 0.25) is 0 Å². The van der Waals surface area contributed by atoms with Crippen molar-refractivity contribution in [3.05, 3.63) is 18.2 Å². The van der Waals surface area contributed by atoms with Gasteiger partial charge in [-0.15, -0.1) is 0 Å². The molecule has 4 saturated carbocycles. The summed E-state index contributed by atoms with van der Waals surface area (Å²) in [5.74, 6) is 7.17. The smallest absolute Gasteiger partial charge is 0.142 e. The summed E-state index contributed by atoms with van der Waals surface area (Å²) in [6.45, 7) is 12.7. The third-order valence-electron chi connectivity index (χ3n) is 12.1. The minimum absolute atomic E-state index is 0.293. The van der Waals surface area contributed by atoms with Gasteiger partial charge < -0.3 is 16.2 Å². The first-order valence-electron chi connectivity index (χ1n) is 15.4. The van der Waals surface area contributed by atoms with Gasteiger partial charge in [0.05, 0.1) is 11.8 Å². The molecule has 9 atom stereocenters. The van der Waals surface area contributed by atoms with E-state index >= 15 is 0 Å². The molecule has 0 saturated heterocycles. The van der Waals surface area contributed by atoms with Gasteiger partial charge in [-0.3, -0.25) is 0 Å². The number of benzene rings is 1. The molecule has 0 heterocycles. The minimum Gasteiger partial charge on any atom is -0.488 e. The van der Waals surface area contributed by atoms with Crippen LogP contribution in [0.15, 0.2) is 18.2 Å². The zero-order valence-electron chi connectivity index (χ0n) is 23.9. The first-order chi connectivity index (χ1) is 17.1. The van der Waals surface area contributed by atoms with Gasteiger partial charge >= 0.3 is 0 Å². The Bertz CT molecular complexity index is 913. The van der Waals surface area contributed by atoms with Crippen molar-refractivity contribution in [3.8, 4) is 5.75 Å². The number of nitrogen functional groups attached to an aromatic ring is 2. The molecule has 3 nitrogen and oxygen atoms in total. The Morgan fingerprint density at radius 3 is 2.39 bits per heavy atom. The van der Waals surface area contributed by atoms with Crippen molar-refractivity contribution in [1.29, 1.82) is 0 Å². The number of fused-ring (bicyclic) bond motifs is 5. The van der Waals surface area contributed by atoms with Gasteiger partial charge in [-0.25, -0.2) is 0 Å².